The summed E-state index contributed by atoms with van der Waals surface area (Å²) in [4.78, 5) is 0. The fourth-order valence-electron chi connectivity index (χ4n) is 1.17. The number of aryl methyl sites for hydroxylation is 1. The van der Waals surface area contributed by atoms with Crippen molar-refractivity contribution in [3.8, 4) is 5.75 Å². The summed E-state index contributed by atoms with van der Waals surface area (Å²) in [5.74, 6) is 0.398. The van der Waals surface area contributed by atoms with Crippen LogP contribution in [0.25, 0.3) is 0 Å². The maximum Gasteiger partial charge on any atom is 0.126 e. The number of nitrogens with one attached hydrogen (secondary N) is 1. The van der Waals surface area contributed by atoms with Crippen LogP contribution in [-0.2, 0) is 0 Å². The zero-order chi connectivity index (χ0) is 11.3. The van der Waals surface area contributed by atoms with Gasteiger partial charge in [-0.25, -0.2) is 4.39 Å². The molecule has 0 aliphatic carbocycles. The highest BCUT2D eigenvalue weighted by Gasteiger charge is 2.01. The number of amidine groups is 1. The van der Waals surface area contributed by atoms with Gasteiger partial charge < -0.3 is 10.5 Å². The van der Waals surface area contributed by atoms with Crippen LogP contribution in [-0.4, -0.2) is 12.4 Å². The van der Waals surface area contributed by atoms with Crippen molar-refractivity contribution < 1.29 is 9.13 Å². The molecule has 0 heterocycles. The van der Waals surface area contributed by atoms with E-state index in [9.17, 15) is 4.39 Å². The minimum absolute atomic E-state index is 0.148. The Labute approximate surface area is 88.6 Å². The lowest BCUT2D eigenvalue weighted by Crippen LogP contribution is -2.11. The van der Waals surface area contributed by atoms with E-state index in [-0.39, 0.29) is 11.7 Å². The van der Waals surface area contributed by atoms with Crippen LogP contribution in [0.5, 0.6) is 5.75 Å². The Bertz CT molecular complexity index is 352. The Morgan fingerprint density at radius 1 is 1.53 bits per heavy atom. The quantitative estimate of drug-likeness (QED) is 0.445. The van der Waals surface area contributed by atoms with Crippen molar-refractivity contribution in [2.75, 3.05) is 6.61 Å². The van der Waals surface area contributed by atoms with Gasteiger partial charge in [-0.3, -0.25) is 5.41 Å². The van der Waals surface area contributed by atoms with Crippen molar-refractivity contribution in [3.63, 3.8) is 0 Å². The molecule has 15 heavy (non-hydrogen) atoms. The highest BCUT2D eigenvalue weighted by Crippen LogP contribution is 2.18. The molecular formula is C11H15FN2O. The van der Waals surface area contributed by atoms with Crippen molar-refractivity contribution in [3.05, 3.63) is 29.6 Å². The first kappa shape index (κ1) is 11.5. The minimum atomic E-state index is -0.304. The molecule has 0 bridgehead atoms. The van der Waals surface area contributed by atoms with Crippen LogP contribution < -0.4 is 10.5 Å². The molecule has 0 atom stereocenters. The van der Waals surface area contributed by atoms with E-state index < -0.39 is 0 Å². The lowest BCUT2D eigenvalue weighted by Gasteiger charge is -2.08. The van der Waals surface area contributed by atoms with E-state index in [0.29, 0.717) is 25.2 Å². The van der Waals surface area contributed by atoms with Crippen LogP contribution in [0.2, 0.25) is 0 Å². The van der Waals surface area contributed by atoms with Crippen molar-refractivity contribution in [1.29, 1.82) is 5.41 Å². The van der Waals surface area contributed by atoms with E-state index in [1.807, 2.05) is 6.92 Å². The molecule has 0 saturated carbocycles. The topological polar surface area (TPSA) is 59.1 Å². The van der Waals surface area contributed by atoms with Gasteiger partial charge in [0.2, 0.25) is 0 Å². The summed E-state index contributed by atoms with van der Waals surface area (Å²) in [5, 5.41) is 7.02. The van der Waals surface area contributed by atoms with Crippen molar-refractivity contribution >= 4 is 5.84 Å². The molecule has 1 rings (SSSR count). The predicted octanol–water partition coefficient (Wildman–Crippen LogP) is 2.23. The van der Waals surface area contributed by atoms with Crippen molar-refractivity contribution in [2.24, 2.45) is 5.73 Å². The number of rotatable bonds is 5. The van der Waals surface area contributed by atoms with Crippen LogP contribution in [0, 0.1) is 18.2 Å². The van der Waals surface area contributed by atoms with E-state index in [4.69, 9.17) is 15.9 Å². The lowest BCUT2D eigenvalue weighted by molar-refractivity contribution is 0.309. The van der Waals surface area contributed by atoms with Gasteiger partial charge in [0.15, 0.2) is 0 Å². The molecule has 1 aromatic carbocycles. The number of nitrogens with two attached hydrogens (primary N) is 1. The van der Waals surface area contributed by atoms with Gasteiger partial charge in [-0.15, -0.1) is 0 Å². The summed E-state index contributed by atoms with van der Waals surface area (Å²) in [5.41, 5.74) is 6.10. The maximum atomic E-state index is 12.9. The molecule has 0 radical (unpaired) electrons. The van der Waals surface area contributed by atoms with Gasteiger partial charge in [0.05, 0.1) is 12.4 Å². The van der Waals surface area contributed by atoms with E-state index in [1.54, 1.807) is 6.07 Å². The minimum Gasteiger partial charge on any atom is -0.493 e. The molecule has 0 amide bonds. The molecule has 0 unspecified atom stereocenters. The molecule has 0 aliphatic rings. The molecule has 82 valence electrons. The van der Waals surface area contributed by atoms with E-state index in [2.05, 4.69) is 0 Å². The van der Waals surface area contributed by atoms with Crippen LogP contribution in [0.4, 0.5) is 4.39 Å². The molecular weight excluding hydrogens is 195 g/mol. The highest BCUT2D eigenvalue weighted by atomic mass is 19.1. The average Bonchev–Trinajstić information content (AvgIpc) is 2.17. The summed E-state index contributed by atoms with van der Waals surface area (Å²) < 4.78 is 18.2. The first-order chi connectivity index (χ1) is 7.09. The van der Waals surface area contributed by atoms with E-state index in [1.165, 1.54) is 12.1 Å². The van der Waals surface area contributed by atoms with Crippen molar-refractivity contribution in [1.82, 2.24) is 0 Å². The number of benzene rings is 1. The van der Waals surface area contributed by atoms with E-state index in [0.717, 1.165) is 5.56 Å². The highest BCUT2D eigenvalue weighted by molar-refractivity contribution is 5.76. The molecule has 0 spiro atoms. The Balaban J connectivity index is 2.43. The lowest BCUT2D eigenvalue weighted by atomic mass is 10.2. The van der Waals surface area contributed by atoms with Gasteiger partial charge in [0, 0.05) is 12.5 Å². The van der Waals surface area contributed by atoms with Gasteiger partial charge in [-0.1, -0.05) is 6.07 Å². The Morgan fingerprint density at radius 3 is 2.93 bits per heavy atom. The Kier molecular flexibility index (Phi) is 4.09. The Morgan fingerprint density at radius 2 is 2.27 bits per heavy atom. The number of halogens is 1. The SMILES string of the molecule is Cc1ccc(F)cc1OCCCC(=N)N. The second kappa shape index (κ2) is 5.34. The molecule has 0 fully saturated rings. The van der Waals surface area contributed by atoms with Crippen molar-refractivity contribution in [2.45, 2.75) is 19.8 Å². The smallest absolute Gasteiger partial charge is 0.126 e. The third-order valence-corrected chi connectivity index (χ3v) is 2.00. The monoisotopic (exact) mass is 210 g/mol. The number of hydrogen-bond acceptors (Lipinski definition) is 2. The molecule has 4 heteroatoms. The first-order valence-electron chi connectivity index (χ1n) is 4.81. The fourth-order valence-corrected chi connectivity index (χ4v) is 1.17. The largest absolute Gasteiger partial charge is 0.493 e. The Hall–Kier alpha value is -1.58. The molecule has 3 nitrogen and oxygen atoms in total. The summed E-state index contributed by atoms with van der Waals surface area (Å²) in [7, 11) is 0. The predicted molar refractivity (Wildman–Crippen MR) is 57.8 cm³/mol. The van der Waals surface area contributed by atoms with Gasteiger partial charge >= 0.3 is 0 Å². The van der Waals surface area contributed by atoms with E-state index >= 15 is 0 Å². The van der Waals surface area contributed by atoms with Gasteiger partial charge in [-0.2, -0.15) is 0 Å². The van der Waals surface area contributed by atoms with Gasteiger partial charge in [0.1, 0.15) is 11.6 Å². The molecule has 1 aromatic rings. The fraction of sp³-hybridized carbons (Fsp3) is 0.364. The van der Waals surface area contributed by atoms with Crippen LogP contribution in [0.1, 0.15) is 18.4 Å². The second-order valence-electron chi connectivity index (χ2n) is 3.39. The van der Waals surface area contributed by atoms with Crippen LogP contribution in [0.3, 0.4) is 0 Å². The molecule has 0 aromatic heterocycles. The summed E-state index contributed by atoms with van der Waals surface area (Å²) in [6, 6.07) is 4.44. The van der Waals surface area contributed by atoms with Gasteiger partial charge in [0.25, 0.3) is 0 Å². The third kappa shape index (κ3) is 3.97. The zero-order valence-corrected chi connectivity index (χ0v) is 8.72. The summed E-state index contributed by atoms with van der Waals surface area (Å²) in [6.07, 6.45) is 1.18. The third-order valence-electron chi connectivity index (χ3n) is 2.00. The normalized spacial score (nSPS) is 10.0. The molecule has 3 N–H and O–H groups in total. The maximum absolute atomic E-state index is 12.9. The second-order valence-corrected chi connectivity index (χ2v) is 3.39. The average molecular weight is 210 g/mol. The van der Waals surface area contributed by atoms with Gasteiger partial charge in [-0.05, 0) is 25.0 Å². The summed E-state index contributed by atoms with van der Waals surface area (Å²) >= 11 is 0. The number of ether oxygens (including phenoxy) is 1. The van der Waals surface area contributed by atoms with Crippen LogP contribution >= 0.6 is 0 Å². The first-order valence-corrected chi connectivity index (χ1v) is 4.81. The summed E-state index contributed by atoms with van der Waals surface area (Å²) in [6.45, 7) is 2.31. The number of hydrogen-bond donors (Lipinski definition) is 2. The van der Waals surface area contributed by atoms with Crippen LogP contribution in [0.15, 0.2) is 18.2 Å². The molecule has 0 aliphatic heterocycles. The standard InChI is InChI=1S/C11H15FN2O/c1-8-4-5-9(12)7-10(8)15-6-2-3-11(13)14/h4-5,7H,2-3,6H2,1H3,(H3,13,14). The molecule has 0 saturated heterocycles. The zero-order valence-electron chi connectivity index (χ0n) is 8.72.